The van der Waals surface area contributed by atoms with Gasteiger partial charge in [0.1, 0.15) is 17.3 Å². The first kappa shape index (κ1) is 19.6. The van der Waals surface area contributed by atoms with Crippen LogP contribution in [-0.4, -0.2) is 69.2 Å². The zero-order valence-electron chi connectivity index (χ0n) is 15.5. The van der Waals surface area contributed by atoms with E-state index in [4.69, 9.17) is 4.74 Å². The fraction of sp³-hybridized carbons (Fsp3) is 0.667. The van der Waals surface area contributed by atoms with Crippen LogP contribution in [0.1, 0.15) is 27.2 Å². The Morgan fingerprint density at radius 1 is 1.30 bits per heavy atom. The molecule has 1 rings (SSSR count). The summed E-state index contributed by atoms with van der Waals surface area (Å²) in [6, 6.07) is 0.316. The fourth-order valence-electron chi connectivity index (χ4n) is 2.92. The minimum Gasteiger partial charge on any atom is -0.498 e. The van der Waals surface area contributed by atoms with Crippen LogP contribution >= 0.6 is 0 Å². The summed E-state index contributed by atoms with van der Waals surface area (Å²) in [7, 11) is 6.06. The summed E-state index contributed by atoms with van der Waals surface area (Å²) < 4.78 is 5.63. The molecule has 0 aromatic heterocycles. The molecule has 0 radical (unpaired) electrons. The van der Waals surface area contributed by atoms with Crippen LogP contribution < -0.4 is 0 Å². The van der Waals surface area contributed by atoms with Crippen LogP contribution in [0.5, 0.6) is 0 Å². The predicted octanol–water partition coefficient (Wildman–Crippen LogP) is 2.81. The van der Waals surface area contributed by atoms with Gasteiger partial charge in [-0.05, 0) is 46.8 Å². The van der Waals surface area contributed by atoms with Gasteiger partial charge in [-0.2, -0.15) is 0 Å². The van der Waals surface area contributed by atoms with Crippen LogP contribution in [0.25, 0.3) is 0 Å². The van der Waals surface area contributed by atoms with Crippen molar-refractivity contribution in [3.8, 4) is 0 Å². The quantitative estimate of drug-likeness (QED) is 0.510. The number of hydrogen-bond donors (Lipinski definition) is 0. The Labute approximate surface area is 141 Å². The van der Waals surface area contributed by atoms with Crippen molar-refractivity contribution in [2.24, 2.45) is 15.9 Å². The second kappa shape index (κ2) is 9.63. The summed E-state index contributed by atoms with van der Waals surface area (Å²) in [5.41, 5.74) is 0.845. The number of ether oxygens (including phenoxy) is 1. The van der Waals surface area contributed by atoms with E-state index in [0.717, 1.165) is 31.1 Å². The topological polar surface area (TPSA) is 40.4 Å². The third-order valence-electron chi connectivity index (χ3n) is 4.31. The maximum absolute atomic E-state index is 5.63. The molecule has 0 bridgehead atoms. The van der Waals surface area contributed by atoms with Crippen LogP contribution in [0.3, 0.4) is 0 Å². The number of allylic oxidation sites excluding steroid dienone is 1. The molecule has 2 unspecified atom stereocenters. The molecule has 23 heavy (non-hydrogen) atoms. The van der Waals surface area contributed by atoms with E-state index in [-0.39, 0.29) is 5.92 Å². The minimum atomic E-state index is 0.253. The summed E-state index contributed by atoms with van der Waals surface area (Å²) in [6.45, 7) is 13.0. The summed E-state index contributed by atoms with van der Waals surface area (Å²) in [6.07, 6.45) is 5.43. The van der Waals surface area contributed by atoms with Crippen molar-refractivity contribution in [2.45, 2.75) is 33.2 Å². The van der Waals surface area contributed by atoms with Gasteiger partial charge >= 0.3 is 0 Å². The van der Waals surface area contributed by atoms with Crippen molar-refractivity contribution in [1.29, 1.82) is 0 Å². The molecule has 130 valence electrons. The first-order valence-corrected chi connectivity index (χ1v) is 8.31. The average molecular weight is 320 g/mol. The normalized spacial score (nSPS) is 22.2. The Kier molecular flexibility index (Phi) is 8.20. The van der Waals surface area contributed by atoms with Gasteiger partial charge in [-0.1, -0.05) is 19.9 Å². The number of aliphatic imine (C=N–C) groups is 2. The molecule has 5 heteroatoms. The highest BCUT2D eigenvalue weighted by Gasteiger charge is 2.28. The standard InChI is InChI=1S/C18H32N4O/c1-8-11-21(5)12-13-22(6)17-10-9-16(20-15(3)19-4)18(23-7)14(17)2/h9-10,14,17H,4,8,11-13H2,1-3,5-7H3. The molecule has 1 aliphatic carbocycles. The van der Waals surface area contributed by atoms with Crippen molar-refractivity contribution >= 4 is 12.6 Å². The van der Waals surface area contributed by atoms with Gasteiger partial charge in [-0.25, -0.2) is 9.98 Å². The van der Waals surface area contributed by atoms with Crippen molar-refractivity contribution in [3.05, 3.63) is 23.6 Å². The van der Waals surface area contributed by atoms with Gasteiger partial charge < -0.3 is 9.64 Å². The predicted molar refractivity (Wildman–Crippen MR) is 99.2 cm³/mol. The molecule has 0 aliphatic heterocycles. The summed E-state index contributed by atoms with van der Waals surface area (Å²) >= 11 is 0. The van der Waals surface area contributed by atoms with Crippen molar-refractivity contribution in [2.75, 3.05) is 40.8 Å². The molecule has 0 saturated carbocycles. The van der Waals surface area contributed by atoms with E-state index < -0.39 is 0 Å². The highest BCUT2D eigenvalue weighted by Crippen LogP contribution is 2.29. The van der Waals surface area contributed by atoms with Gasteiger partial charge in [0.25, 0.3) is 0 Å². The van der Waals surface area contributed by atoms with E-state index in [1.807, 2.05) is 13.0 Å². The second-order valence-electron chi connectivity index (χ2n) is 6.19. The van der Waals surface area contributed by atoms with Crippen LogP contribution in [0.15, 0.2) is 33.6 Å². The summed E-state index contributed by atoms with van der Waals surface area (Å²) in [4.78, 5) is 13.1. The van der Waals surface area contributed by atoms with E-state index >= 15 is 0 Å². The molecule has 0 amide bonds. The molecular weight excluding hydrogens is 288 g/mol. The van der Waals surface area contributed by atoms with Gasteiger partial charge in [0.15, 0.2) is 0 Å². The molecule has 0 spiro atoms. The zero-order valence-corrected chi connectivity index (χ0v) is 15.5. The van der Waals surface area contributed by atoms with Gasteiger partial charge in [0.05, 0.1) is 7.11 Å². The minimum absolute atomic E-state index is 0.253. The molecule has 0 aromatic carbocycles. The first-order chi connectivity index (χ1) is 10.9. The fourth-order valence-corrected chi connectivity index (χ4v) is 2.92. The molecule has 1 aliphatic rings. The molecule has 0 fully saturated rings. The van der Waals surface area contributed by atoms with E-state index in [9.17, 15) is 0 Å². The Hall–Kier alpha value is -1.46. The SMILES string of the molecule is C=NC(C)=NC1=C(OC)C(C)C(N(C)CCN(C)CCC)C=C1. The molecule has 0 N–H and O–H groups in total. The van der Waals surface area contributed by atoms with Gasteiger partial charge in [0, 0.05) is 25.0 Å². The molecule has 0 saturated heterocycles. The van der Waals surface area contributed by atoms with E-state index in [0.29, 0.717) is 11.9 Å². The van der Waals surface area contributed by atoms with Crippen LogP contribution in [-0.2, 0) is 4.74 Å². The molecular formula is C18H32N4O. The number of rotatable bonds is 8. The molecule has 0 heterocycles. The summed E-state index contributed by atoms with van der Waals surface area (Å²) in [5, 5.41) is 0. The lowest BCUT2D eigenvalue weighted by molar-refractivity contribution is 0.159. The van der Waals surface area contributed by atoms with Crippen molar-refractivity contribution < 1.29 is 4.74 Å². The average Bonchev–Trinajstić information content (AvgIpc) is 2.53. The maximum Gasteiger partial charge on any atom is 0.126 e. The van der Waals surface area contributed by atoms with E-state index in [1.54, 1.807) is 7.11 Å². The van der Waals surface area contributed by atoms with Crippen LogP contribution in [0, 0.1) is 5.92 Å². The van der Waals surface area contributed by atoms with Crippen molar-refractivity contribution in [1.82, 2.24) is 9.80 Å². The highest BCUT2D eigenvalue weighted by molar-refractivity contribution is 5.84. The van der Waals surface area contributed by atoms with Gasteiger partial charge in [0.2, 0.25) is 0 Å². The monoisotopic (exact) mass is 320 g/mol. The number of likely N-dealkylation sites (N-methyl/N-ethyl adjacent to an activating group) is 2. The number of nitrogens with zero attached hydrogens (tertiary/aromatic N) is 4. The van der Waals surface area contributed by atoms with E-state index in [1.165, 1.54) is 6.42 Å². The third-order valence-corrected chi connectivity index (χ3v) is 4.31. The first-order valence-electron chi connectivity index (χ1n) is 8.31. The maximum atomic E-state index is 5.63. The van der Waals surface area contributed by atoms with Gasteiger partial charge in [-0.3, -0.25) is 4.90 Å². The Morgan fingerprint density at radius 2 is 2.00 bits per heavy atom. The molecule has 0 aromatic rings. The lowest BCUT2D eigenvalue weighted by Crippen LogP contribution is -2.41. The van der Waals surface area contributed by atoms with Crippen molar-refractivity contribution in [3.63, 3.8) is 0 Å². The van der Waals surface area contributed by atoms with Crippen LogP contribution in [0.2, 0.25) is 0 Å². The lowest BCUT2D eigenvalue weighted by atomic mass is 9.92. The Bertz CT molecular complexity index is 481. The lowest BCUT2D eigenvalue weighted by Gasteiger charge is -2.34. The number of methoxy groups -OCH3 is 1. The highest BCUT2D eigenvalue weighted by atomic mass is 16.5. The molecule has 2 atom stereocenters. The smallest absolute Gasteiger partial charge is 0.126 e. The largest absolute Gasteiger partial charge is 0.498 e. The third kappa shape index (κ3) is 5.59. The zero-order chi connectivity index (χ0) is 17.4. The number of amidine groups is 1. The van der Waals surface area contributed by atoms with Gasteiger partial charge in [-0.15, -0.1) is 0 Å². The summed E-state index contributed by atoms with van der Waals surface area (Å²) in [5.74, 6) is 1.82. The van der Waals surface area contributed by atoms with Crippen LogP contribution in [0.4, 0.5) is 0 Å². The Morgan fingerprint density at radius 3 is 2.57 bits per heavy atom. The molecule has 5 nitrogen and oxygen atoms in total. The number of hydrogen-bond acceptors (Lipinski definition) is 4. The second-order valence-corrected chi connectivity index (χ2v) is 6.19. The Balaban J connectivity index is 2.79. The van der Waals surface area contributed by atoms with E-state index in [2.05, 4.69) is 60.5 Å².